The second kappa shape index (κ2) is 9.89. The van der Waals surface area contributed by atoms with E-state index in [1.165, 1.54) is 23.5 Å². The number of thiazole rings is 1. The van der Waals surface area contributed by atoms with Crippen LogP contribution in [0.2, 0.25) is 0 Å². The fourth-order valence-electron chi connectivity index (χ4n) is 5.00. The summed E-state index contributed by atoms with van der Waals surface area (Å²) < 4.78 is 39.6. The Morgan fingerprint density at radius 2 is 2.03 bits per heavy atom. The number of fused-ring (bicyclic) bond motifs is 1. The maximum Gasteiger partial charge on any atom is 0.416 e. The molecule has 3 aromatic rings. The van der Waals surface area contributed by atoms with Gasteiger partial charge in [-0.2, -0.15) is 13.2 Å². The van der Waals surface area contributed by atoms with E-state index >= 15 is 0 Å². The molecule has 8 nitrogen and oxygen atoms in total. The number of halogens is 3. The third-order valence-electron chi connectivity index (χ3n) is 7.19. The first-order chi connectivity index (χ1) is 17.6. The molecule has 194 valence electrons. The number of anilines is 1. The summed E-state index contributed by atoms with van der Waals surface area (Å²) in [6, 6.07) is 4.84. The predicted octanol–water partition coefficient (Wildman–Crippen LogP) is 4.30. The molecule has 1 amide bonds. The minimum absolute atomic E-state index is 0.0198. The molecule has 1 saturated carbocycles. The minimum Gasteiger partial charge on any atom is -0.384 e. The number of alkyl halides is 3. The SMILES string of the molecule is [C-]#[N+]c1cc(NCC(=O)N[C@H]2C[C@@H](N3CCC(O)(c4cncs4)CC3)C2)c2cc(C(F)(F)F)ccc2n1. The Kier molecular flexibility index (Phi) is 6.78. The van der Waals surface area contributed by atoms with Crippen LogP contribution < -0.4 is 10.6 Å². The van der Waals surface area contributed by atoms with Gasteiger partial charge in [0.2, 0.25) is 5.91 Å². The Labute approximate surface area is 215 Å². The van der Waals surface area contributed by atoms with Crippen LogP contribution in [0.15, 0.2) is 36.0 Å². The zero-order valence-corrected chi connectivity index (χ0v) is 20.6. The van der Waals surface area contributed by atoms with Gasteiger partial charge in [-0.1, -0.05) is 6.57 Å². The molecular weight excluding hydrogens is 505 g/mol. The highest BCUT2D eigenvalue weighted by Gasteiger charge is 2.41. The smallest absolute Gasteiger partial charge is 0.384 e. The van der Waals surface area contributed by atoms with Crippen LogP contribution in [0.1, 0.15) is 36.1 Å². The molecule has 3 heterocycles. The van der Waals surface area contributed by atoms with Gasteiger partial charge >= 0.3 is 6.18 Å². The van der Waals surface area contributed by atoms with Gasteiger partial charge in [0.05, 0.1) is 22.5 Å². The molecule has 3 N–H and O–H groups in total. The highest BCUT2D eigenvalue weighted by molar-refractivity contribution is 7.09. The number of pyridine rings is 1. The number of piperidine rings is 1. The summed E-state index contributed by atoms with van der Waals surface area (Å²) in [5.74, 6) is -0.247. The number of hydrogen-bond acceptors (Lipinski definition) is 7. The number of benzene rings is 1. The fourth-order valence-corrected chi connectivity index (χ4v) is 5.78. The van der Waals surface area contributed by atoms with Crippen molar-refractivity contribution in [2.45, 2.75) is 49.5 Å². The molecule has 0 unspecified atom stereocenters. The molecule has 2 aromatic heterocycles. The fraction of sp³-hybridized carbons (Fsp3) is 0.440. The van der Waals surface area contributed by atoms with Gasteiger partial charge in [-0.25, -0.2) is 0 Å². The normalized spacial score (nSPS) is 21.7. The van der Waals surface area contributed by atoms with Crippen LogP contribution in [0.3, 0.4) is 0 Å². The van der Waals surface area contributed by atoms with Gasteiger partial charge in [-0.05, 0) is 49.9 Å². The van der Waals surface area contributed by atoms with Crippen molar-refractivity contribution in [1.29, 1.82) is 0 Å². The summed E-state index contributed by atoms with van der Waals surface area (Å²) in [6.45, 7) is 8.63. The molecule has 1 aromatic carbocycles. The van der Waals surface area contributed by atoms with E-state index in [-0.39, 0.29) is 40.9 Å². The van der Waals surface area contributed by atoms with E-state index in [9.17, 15) is 23.1 Å². The van der Waals surface area contributed by atoms with E-state index in [0.717, 1.165) is 42.9 Å². The average molecular weight is 531 g/mol. The quantitative estimate of drug-likeness (QED) is 0.412. The molecule has 12 heteroatoms. The highest BCUT2D eigenvalue weighted by atomic mass is 32.1. The molecule has 2 fully saturated rings. The number of carbonyl (C=O) groups excluding carboxylic acids is 1. The number of carbonyl (C=O) groups is 1. The number of aromatic nitrogens is 2. The summed E-state index contributed by atoms with van der Waals surface area (Å²) in [4.78, 5) is 27.2. The molecule has 5 rings (SSSR count). The number of amides is 1. The number of nitrogens with zero attached hydrogens (tertiary/aromatic N) is 4. The van der Waals surface area contributed by atoms with Crippen LogP contribution in [-0.4, -0.2) is 57.6 Å². The molecular formula is C25H25F3N6O2S. The first kappa shape index (κ1) is 25.4. The molecule has 1 saturated heterocycles. The zero-order valence-electron chi connectivity index (χ0n) is 19.8. The van der Waals surface area contributed by atoms with Crippen LogP contribution >= 0.6 is 11.3 Å². The van der Waals surface area contributed by atoms with Gasteiger partial charge in [0, 0.05) is 42.4 Å². The van der Waals surface area contributed by atoms with Crippen LogP contribution in [0.4, 0.5) is 24.7 Å². The van der Waals surface area contributed by atoms with Crippen molar-refractivity contribution < 1.29 is 23.1 Å². The first-order valence-electron chi connectivity index (χ1n) is 11.9. The van der Waals surface area contributed by atoms with Gasteiger partial charge in [0.15, 0.2) is 5.52 Å². The van der Waals surface area contributed by atoms with Crippen LogP contribution in [0, 0.1) is 6.57 Å². The second-order valence-corrected chi connectivity index (χ2v) is 10.4. The molecule has 37 heavy (non-hydrogen) atoms. The van der Waals surface area contributed by atoms with Crippen LogP contribution in [0.25, 0.3) is 15.7 Å². The zero-order chi connectivity index (χ0) is 26.2. The van der Waals surface area contributed by atoms with E-state index in [0.29, 0.717) is 18.9 Å². The summed E-state index contributed by atoms with van der Waals surface area (Å²) in [7, 11) is 0. The van der Waals surface area contributed by atoms with Gasteiger partial charge in [-0.3, -0.25) is 14.7 Å². The lowest BCUT2D eigenvalue weighted by Gasteiger charge is -2.47. The van der Waals surface area contributed by atoms with Crippen molar-refractivity contribution in [1.82, 2.24) is 20.2 Å². The molecule has 0 radical (unpaired) electrons. The standard InChI is InChI=1S/C25H25F3N6O2S/c1-29-22-11-20(18-8-15(25(26,27)28)2-3-19(18)33-22)31-13-23(35)32-16-9-17(10-16)34-6-4-24(36,5-7-34)21-12-30-14-37-21/h2-3,8,11-12,14,16-17,36H,4-7,9-10,13H2,(H,31,33)(H,32,35)/t16-,17+. The van der Waals surface area contributed by atoms with E-state index < -0.39 is 17.3 Å². The Hall–Kier alpha value is -3.27. The summed E-state index contributed by atoms with van der Waals surface area (Å²) in [5, 5.41) is 17.0. The van der Waals surface area contributed by atoms with Crippen LogP contribution in [0.5, 0.6) is 0 Å². The predicted molar refractivity (Wildman–Crippen MR) is 133 cm³/mol. The largest absolute Gasteiger partial charge is 0.416 e. The van der Waals surface area contributed by atoms with Gasteiger partial charge in [-0.15, -0.1) is 16.3 Å². The molecule has 1 aliphatic heterocycles. The summed E-state index contributed by atoms with van der Waals surface area (Å²) in [5.41, 5.74) is 0.592. The molecule has 0 atom stereocenters. The minimum atomic E-state index is -4.52. The third-order valence-corrected chi connectivity index (χ3v) is 8.15. The van der Waals surface area contributed by atoms with Crippen molar-refractivity contribution in [3.63, 3.8) is 0 Å². The maximum atomic E-state index is 13.2. The van der Waals surface area contributed by atoms with Crippen LogP contribution in [-0.2, 0) is 16.6 Å². The van der Waals surface area contributed by atoms with E-state index in [4.69, 9.17) is 6.57 Å². The number of rotatable bonds is 6. The monoisotopic (exact) mass is 530 g/mol. The third kappa shape index (κ3) is 5.39. The van der Waals surface area contributed by atoms with Gasteiger partial charge in [0.25, 0.3) is 5.82 Å². The summed E-state index contributed by atoms with van der Waals surface area (Å²) in [6.07, 6.45) is 0.121. The second-order valence-electron chi connectivity index (χ2n) is 9.55. The van der Waals surface area contributed by atoms with E-state index in [1.807, 2.05) is 0 Å². The molecule has 0 bridgehead atoms. The lowest BCUT2D eigenvalue weighted by molar-refractivity contribution is -0.137. The van der Waals surface area contributed by atoms with Crippen molar-refractivity contribution in [3.05, 3.63) is 57.8 Å². The lowest BCUT2D eigenvalue weighted by Crippen LogP contribution is -2.57. The topological polar surface area (TPSA) is 94.7 Å². The lowest BCUT2D eigenvalue weighted by atomic mass is 9.82. The Bertz CT molecular complexity index is 1330. The van der Waals surface area contributed by atoms with Crippen molar-refractivity contribution >= 4 is 39.7 Å². The van der Waals surface area contributed by atoms with Gasteiger partial charge < -0.3 is 20.6 Å². The Morgan fingerprint density at radius 3 is 2.68 bits per heavy atom. The molecule has 2 aliphatic rings. The number of nitrogens with one attached hydrogen (secondary N) is 2. The number of likely N-dealkylation sites (tertiary alicyclic amines) is 1. The first-order valence-corrected chi connectivity index (χ1v) is 12.8. The van der Waals surface area contributed by atoms with Gasteiger partial charge in [0.1, 0.15) is 5.60 Å². The Balaban J connectivity index is 1.14. The maximum absolute atomic E-state index is 13.2. The number of aliphatic hydroxyl groups is 1. The Morgan fingerprint density at radius 1 is 1.27 bits per heavy atom. The summed E-state index contributed by atoms with van der Waals surface area (Å²) >= 11 is 1.47. The molecule has 1 aliphatic carbocycles. The van der Waals surface area contributed by atoms with E-state index in [2.05, 4.69) is 30.3 Å². The average Bonchev–Trinajstić information content (AvgIpc) is 3.40. The highest BCUT2D eigenvalue weighted by Crippen LogP contribution is 2.38. The molecule has 0 spiro atoms. The van der Waals surface area contributed by atoms with Crippen molar-refractivity contribution in [2.75, 3.05) is 25.0 Å². The van der Waals surface area contributed by atoms with E-state index in [1.54, 1.807) is 11.7 Å². The number of hydrogen-bond donors (Lipinski definition) is 3. The van der Waals surface area contributed by atoms with Crippen molar-refractivity contribution in [3.8, 4) is 0 Å². The van der Waals surface area contributed by atoms with Crippen molar-refractivity contribution in [2.24, 2.45) is 0 Å².